The molecule has 4 aliphatic rings. The van der Waals surface area contributed by atoms with E-state index in [1.165, 1.54) is 37.7 Å². The molecular formula is C20H27NO. The van der Waals surface area contributed by atoms with Crippen LogP contribution in [0, 0.1) is 46.3 Å². The van der Waals surface area contributed by atoms with E-state index in [2.05, 4.69) is 13.0 Å². The van der Waals surface area contributed by atoms with Gasteiger partial charge in [-0.25, -0.2) is 0 Å². The van der Waals surface area contributed by atoms with Crippen LogP contribution in [0.2, 0.25) is 0 Å². The molecule has 6 atom stereocenters. The van der Waals surface area contributed by atoms with E-state index in [1.807, 2.05) is 6.08 Å². The molecule has 118 valence electrons. The molecule has 3 fully saturated rings. The van der Waals surface area contributed by atoms with E-state index in [4.69, 9.17) is 0 Å². The first-order valence-corrected chi connectivity index (χ1v) is 9.32. The SMILES string of the molecule is CCC12CCC3C4CCC(=O)C=C4CCC3C1CCC2C#N. The zero-order valence-corrected chi connectivity index (χ0v) is 13.7. The van der Waals surface area contributed by atoms with E-state index < -0.39 is 0 Å². The highest BCUT2D eigenvalue weighted by Gasteiger charge is 2.57. The molecule has 0 saturated heterocycles. The smallest absolute Gasteiger partial charge is 0.155 e. The number of carbonyl (C=O) groups is 1. The Hall–Kier alpha value is -1.10. The molecule has 2 heteroatoms. The molecule has 3 saturated carbocycles. The molecule has 0 bridgehead atoms. The van der Waals surface area contributed by atoms with Gasteiger partial charge < -0.3 is 0 Å². The van der Waals surface area contributed by atoms with Gasteiger partial charge in [0.05, 0.1) is 12.0 Å². The Kier molecular flexibility index (Phi) is 3.44. The maximum atomic E-state index is 11.7. The van der Waals surface area contributed by atoms with Gasteiger partial charge in [0.25, 0.3) is 0 Å². The van der Waals surface area contributed by atoms with E-state index in [9.17, 15) is 10.1 Å². The molecule has 0 amide bonds. The van der Waals surface area contributed by atoms with Gasteiger partial charge in [-0.1, -0.05) is 12.5 Å². The highest BCUT2D eigenvalue weighted by Crippen LogP contribution is 2.64. The molecule has 4 aliphatic carbocycles. The van der Waals surface area contributed by atoms with E-state index >= 15 is 0 Å². The molecule has 4 rings (SSSR count). The molecule has 0 aromatic rings. The summed E-state index contributed by atoms with van der Waals surface area (Å²) in [5.74, 6) is 3.74. The average molecular weight is 297 g/mol. The maximum absolute atomic E-state index is 11.7. The molecule has 0 aromatic heterocycles. The fraction of sp³-hybridized carbons (Fsp3) is 0.800. The molecule has 6 unspecified atom stereocenters. The van der Waals surface area contributed by atoms with Gasteiger partial charge in [0.1, 0.15) is 0 Å². The van der Waals surface area contributed by atoms with E-state index in [0.717, 1.165) is 43.4 Å². The summed E-state index contributed by atoms with van der Waals surface area (Å²) in [7, 11) is 0. The van der Waals surface area contributed by atoms with Crippen LogP contribution in [-0.2, 0) is 4.79 Å². The summed E-state index contributed by atoms with van der Waals surface area (Å²) < 4.78 is 0. The molecule has 0 aliphatic heterocycles. The lowest BCUT2D eigenvalue weighted by Gasteiger charge is -2.54. The van der Waals surface area contributed by atoms with Crippen LogP contribution < -0.4 is 0 Å². The molecular weight excluding hydrogens is 270 g/mol. The van der Waals surface area contributed by atoms with Crippen molar-refractivity contribution in [2.45, 2.75) is 64.7 Å². The summed E-state index contributed by atoms with van der Waals surface area (Å²) in [5, 5.41) is 9.62. The number of ketones is 1. The van der Waals surface area contributed by atoms with Crippen LogP contribution in [0.1, 0.15) is 64.7 Å². The van der Waals surface area contributed by atoms with Gasteiger partial charge in [-0.15, -0.1) is 0 Å². The molecule has 22 heavy (non-hydrogen) atoms. The third-order valence-electron chi connectivity index (χ3n) is 7.83. The number of nitriles is 1. The van der Waals surface area contributed by atoms with Crippen LogP contribution in [0.25, 0.3) is 0 Å². The summed E-state index contributed by atoms with van der Waals surface area (Å²) >= 11 is 0. The third kappa shape index (κ3) is 1.87. The lowest BCUT2D eigenvalue weighted by Crippen LogP contribution is -2.47. The number of hydrogen-bond donors (Lipinski definition) is 0. The van der Waals surface area contributed by atoms with Crippen molar-refractivity contribution < 1.29 is 4.79 Å². The van der Waals surface area contributed by atoms with Crippen molar-refractivity contribution in [2.75, 3.05) is 0 Å². The standard InChI is InChI=1S/C20H27NO/c1-2-20-10-9-17-16-7-5-15(22)11-13(16)3-6-18(17)19(20)8-4-14(20)12-21/h11,14,16-19H,2-10H2,1H3. The fourth-order valence-electron chi connectivity index (χ4n) is 6.87. The van der Waals surface area contributed by atoms with Gasteiger partial charge in [-0.3, -0.25) is 4.79 Å². The number of fused-ring (bicyclic) bond motifs is 5. The quantitative estimate of drug-likeness (QED) is 0.706. The molecule has 0 spiro atoms. The van der Waals surface area contributed by atoms with Gasteiger partial charge in [-0.05, 0) is 86.5 Å². The lowest BCUT2D eigenvalue weighted by molar-refractivity contribution is -0.116. The Balaban J connectivity index is 1.64. The third-order valence-corrected chi connectivity index (χ3v) is 7.83. The second-order valence-electron chi connectivity index (χ2n) is 8.19. The summed E-state index contributed by atoms with van der Waals surface area (Å²) in [4.78, 5) is 11.7. The minimum Gasteiger partial charge on any atom is -0.295 e. The Morgan fingerprint density at radius 3 is 2.82 bits per heavy atom. The molecule has 0 N–H and O–H groups in total. The van der Waals surface area contributed by atoms with Crippen molar-refractivity contribution in [1.29, 1.82) is 5.26 Å². The van der Waals surface area contributed by atoms with Crippen molar-refractivity contribution >= 4 is 5.78 Å². The summed E-state index contributed by atoms with van der Waals surface area (Å²) in [6, 6.07) is 2.66. The lowest BCUT2D eigenvalue weighted by atomic mass is 9.50. The van der Waals surface area contributed by atoms with Crippen molar-refractivity contribution in [2.24, 2.45) is 35.0 Å². The highest BCUT2D eigenvalue weighted by molar-refractivity contribution is 5.91. The number of nitrogens with zero attached hydrogens (tertiary/aromatic N) is 1. The molecule has 2 nitrogen and oxygen atoms in total. The van der Waals surface area contributed by atoms with Gasteiger partial charge in [-0.2, -0.15) is 5.26 Å². The molecule has 0 radical (unpaired) electrons. The predicted octanol–water partition coefficient (Wildman–Crippen LogP) is 4.66. The van der Waals surface area contributed by atoms with E-state index in [0.29, 0.717) is 23.0 Å². The monoisotopic (exact) mass is 297 g/mol. The van der Waals surface area contributed by atoms with Crippen LogP contribution in [-0.4, -0.2) is 5.78 Å². The predicted molar refractivity (Wildman–Crippen MR) is 85.8 cm³/mol. The Morgan fingerprint density at radius 1 is 1.18 bits per heavy atom. The number of carbonyl (C=O) groups excluding carboxylic acids is 1. The van der Waals surface area contributed by atoms with Crippen molar-refractivity contribution in [3.8, 4) is 6.07 Å². The van der Waals surface area contributed by atoms with Crippen LogP contribution in [0.3, 0.4) is 0 Å². The Bertz CT molecular complexity index is 557. The zero-order valence-electron chi connectivity index (χ0n) is 13.7. The minimum absolute atomic E-state index is 0.299. The second-order valence-corrected chi connectivity index (χ2v) is 8.19. The summed E-state index contributed by atoms with van der Waals surface area (Å²) in [6.07, 6.45) is 12.4. The van der Waals surface area contributed by atoms with Gasteiger partial charge >= 0.3 is 0 Å². The second kappa shape index (κ2) is 5.22. The molecule has 0 aromatic carbocycles. The minimum atomic E-state index is 0.299. The summed E-state index contributed by atoms with van der Waals surface area (Å²) in [5.41, 5.74) is 1.79. The first-order chi connectivity index (χ1) is 10.7. The Labute approximate surface area is 134 Å². The fourth-order valence-corrected chi connectivity index (χ4v) is 6.87. The van der Waals surface area contributed by atoms with Crippen LogP contribution in [0.4, 0.5) is 0 Å². The van der Waals surface area contributed by atoms with Gasteiger partial charge in [0, 0.05) is 6.42 Å². The van der Waals surface area contributed by atoms with Crippen LogP contribution in [0.15, 0.2) is 11.6 Å². The first kappa shape index (κ1) is 14.5. The van der Waals surface area contributed by atoms with Crippen molar-refractivity contribution in [3.63, 3.8) is 0 Å². The normalized spacial score (nSPS) is 47.0. The number of hydrogen-bond acceptors (Lipinski definition) is 2. The van der Waals surface area contributed by atoms with Crippen molar-refractivity contribution in [1.82, 2.24) is 0 Å². The topological polar surface area (TPSA) is 40.9 Å². The average Bonchev–Trinajstić information content (AvgIpc) is 2.93. The number of rotatable bonds is 1. The van der Waals surface area contributed by atoms with Crippen LogP contribution in [0.5, 0.6) is 0 Å². The Morgan fingerprint density at radius 2 is 2.05 bits per heavy atom. The van der Waals surface area contributed by atoms with Gasteiger partial charge in [0.15, 0.2) is 5.78 Å². The zero-order chi connectivity index (χ0) is 15.3. The summed E-state index contributed by atoms with van der Waals surface area (Å²) in [6.45, 7) is 2.32. The largest absolute Gasteiger partial charge is 0.295 e. The number of allylic oxidation sites excluding steroid dienone is 1. The highest BCUT2D eigenvalue weighted by atomic mass is 16.1. The van der Waals surface area contributed by atoms with Crippen LogP contribution >= 0.6 is 0 Å². The molecule has 0 heterocycles. The van der Waals surface area contributed by atoms with Crippen molar-refractivity contribution in [3.05, 3.63) is 11.6 Å². The van der Waals surface area contributed by atoms with Gasteiger partial charge in [0.2, 0.25) is 0 Å². The van der Waals surface area contributed by atoms with E-state index in [-0.39, 0.29) is 0 Å². The maximum Gasteiger partial charge on any atom is 0.155 e. The first-order valence-electron chi connectivity index (χ1n) is 9.32. The van der Waals surface area contributed by atoms with E-state index in [1.54, 1.807) is 0 Å².